The van der Waals surface area contributed by atoms with Crippen molar-refractivity contribution in [2.24, 2.45) is 5.73 Å². The van der Waals surface area contributed by atoms with Gasteiger partial charge in [-0.05, 0) is 13.0 Å². The van der Waals surface area contributed by atoms with Crippen LogP contribution in [0.2, 0.25) is 0 Å². The normalized spacial score (nSPS) is 21.7. The van der Waals surface area contributed by atoms with Gasteiger partial charge in [-0.25, -0.2) is 9.78 Å². The van der Waals surface area contributed by atoms with E-state index in [1.807, 2.05) is 6.92 Å². The summed E-state index contributed by atoms with van der Waals surface area (Å²) in [5.74, 6) is -0.803. The highest BCUT2D eigenvalue weighted by atomic mass is 32.2. The molecule has 1 fully saturated rings. The van der Waals surface area contributed by atoms with Gasteiger partial charge in [-0.3, -0.25) is 4.79 Å². The monoisotopic (exact) mass is 329 g/mol. The van der Waals surface area contributed by atoms with E-state index >= 15 is 0 Å². The molecule has 2 atom stereocenters. The molecular weight excluding hydrogens is 310 g/mol. The first kappa shape index (κ1) is 16.3. The average molecular weight is 329 g/mol. The van der Waals surface area contributed by atoms with Crippen molar-refractivity contribution in [3.63, 3.8) is 0 Å². The number of rotatable bonds is 6. The number of thiazole rings is 1. The van der Waals surface area contributed by atoms with E-state index in [1.165, 1.54) is 28.0 Å². The minimum Gasteiger partial charge on any atom is -0.480 e. The number of carboxylic acid groups (broad SMARTS) is 1. The van der Waals surface area contributed by atoms with Crippen LogP contribution in [-0.4, -0.2) is 50.6 Å². The molecule has 1 aromatic heterocycles. The van der Waals surface area contributed by atoms with Gasteiger partial charge >= 0.3 is 5.97 Å². The third-order valence-corrected chi connectivity index (χ3v) is 5.54. The van der Waals surface area contributed by atoms with Crippen LogP contribution in [0.5, 0.6) is 0 Å². The van der Waals surface area contributed by atoms with Gasteiger partial charge in [-0.2, -0.15) is 0 Å². The van der Waals surface area contributed by atoms with Gasteiger partial charge < -0.3 is 15.7 Å². The second kappa shape index (κ2) is 7.24. The van der Waals surface area contributed by atoms with Gasteiger partial charge in [-0.15, -0.1) is 23.1 Å². The third kappa shape index (κ3) is 3.56. The fourth-order valence-corrected chi connectivity index (χ4v) is 4.58. The number of carbonyl (C=O) groups is 2. The first-order valence-electron chi connectivity index (χ1n) is 6.90. The zero-order chi connectivity index (χ0) is 15.4. The molecule has 0 radical (unpaired) electrons. The second-order valence-electron chi connectivity index (χ2n) is 4.81. The fourth-order valence-electron chi connectivity index (χ4n) is 2.28. The average Bonchev–Trinajstić information content (AvgIpc) is 3.06. The summed E-state index contributed by atoms with van der Waals surface area (Å²) in [4.78, 5) is 29.8. The lowest BCUT2D eigenvalue weighted by molar-refractivity contribution is -0.141. The molecule has 1 aliphatic heterocycles. The highest BCUT2D eigenvalue weighted by Gasteiger charge is 2.42. The minimum absolute atomic E-state index is 0.0803. The Balaban J connectivity index is 2.21. The van der Waals surface area contributed by atoms with Crippen LogP contribution in [0.25, 0.3) is 0 Å². The Morgan fingerprint density at radius 1 is 1.57 bits per heavy atom. The van der Waals surface area contributed by atoms with Crippen LogP contribution < -0.4 is 5.73 Å². The van der Waals surface area contributed by atoms with Gasteiger partial charge in [0.2, 0.25) is 0 Å². The van der Waals surface area contributed by atoms with Crippen LogP contribution in [0.15, 0.2) is 5.38 Å². The second-order valence-corrected chi connectivity index (χ2v) is 6.96. The van der Waals surface area contributed by atoms with E-state index in [9.17, 15) is 14.7 Å². The molecule has 116 valence electrons. The minimum atomic E-state index is -0.952. The molecule has 6 nitrogen and oxygen atoms in total. The predicted molar refractivity (Wildman–Crippen MR) is 83.6 cm³/mol. The van der Waals surface area contributed by atoms with E-state index in [4.69, 9.17) is 5.73 Å². The number of hydrogen-bond acceptors (Lipinski definition) is 6. The van der Waals surface area contributed by atoms with Crippen LogP contribution in [0.3, 0.4) is 0 Å². The smallest absolute Gasteiger partial charge is 0.327 e. The molecule has 0 aromatic carbocycles. The number of aromatic nitrogens is 1. The van der Waals surface area contributed by atoms with Gasteiger partial charge in [0.05, 0.1) is 10.4 Å². The summed E-state index contributed by atoms with van der Waals surface area (Å²) < 4.78 is 0. The highest BCUT2D eigenvalue weighted by molar-refractivity contribution is 8.00. The molecule has 1 saturated heterocycles. The fraction of sp³-hybridized carbons (Fsp3) is 0.615. The first-order valence-corrected chi connectivity index (χ1v) is 8.82. The number of carbonyl (C=O) groups excluding carboxylic acids is 1. The molecule has 8 heteroatoms. The number of hydrogen-bond donors (Lipinski definition) is 2. The van der Waals surface area contributed by atoms with Gasteiger partial charge in [-0.1, -0.05) is 13.3 Å². The van der Waals surface area contributed by atoms with Gasteiger partial charge in [0.25, 0.3) is 5.91 Å². The number of thioether (sulfide) groups is 1. The third-order valence-electron chi connectivity index (χ3n) is 3.28. The highest BCUT2D eigenvalue weighted by Crippen LogP contribution is 2.33. The molecule has 0 bridgehead atoms. The number of nitrogens with zero attached hydrogens (tertiary/aromatic N) is 2. The van der Waals surface area contributed by atoms with Crippen molar-refractivity contribution in [2.75, 3.05) is 12.3 Å². The molecule has 21 heavy (non-hydrogen) atoms. The summed E-state index contributed by atoms with van der Waals surface area (Å²) in [6.45, 7) is 2.51. The Morgan fingerprint density at radius 3 is 2.95 bits per heavy atom. The number of aliphatic carboxylic acids is 1. The van der Waals surface area contributed by atoms with E-state index < -0.39 is 12.0 Å². The maximum Gasteiger partial charge on any atom is 0.327 e. The quantitative estimate of drug-likeness (QED) is 0.819. The summed E-state index contributed by atoms with van der Waals surface area (Å²) in [5, 5.41) is 11.7. The van der Waals surface area contributed by atoms with Crippen molar-refractivity contribution >= 4 is 35.0 Å². The largest absolute Gasteiger partial charge is 0.480 e. The lowest BCUT2D eigenvalue weighted by atomic mass is 10.2. The standard InChI is InChI=1S/C13H19N3O3S2/c1-2-3-11-16(9(7-21-11)13(18)19)12(17)8-6-20-10(15-8)4-5-14/h6,9,11H,2-5,7,14H2,1H3,(H,18,19). The first-order chi connectivity index (χ1) is 10.1. The van der Waals surface area contributed by atoms with Crippen molar-refractivity contribution < 1.29 is 14.7 Å². The summed E-state index contributed by atoms with van der Waals surface area (Å²) in [6.07, 6.45) is 2.33. The van der Waals surface area contributed by atoms with Crippen molar-refractivity contribution in [1.82, 2.24) is 9.88 Å². The molecule has 3 N–H and O–H groups in total. The van der Waals surface area contributed by atoms with Crippen molar-refractivity contribution in [1.29, 1.82) is 0 Å². The predicted octanol–water partition coefficient (Wildman–Crippen LogP) is 1.41. The zero-order valence-electron chi connectivity index (χ0n) is 11.8. The Labute approximate surface area is 131 Å². The Bertz CT molecular complexity index is 521. The molecule has 1 aromatic rings. The molecule has 2 rings (SSSR count). The van der Waals surface area contributed by atoms with Crippen LogP contribution in [0.1, 0.15) is 35.3 Å². The molecular formula is C13H19N3O3S2. The molecule has 0 spiro atoms. The van der Waals surface area contributed by atoms with Crippen molar-refractivity contribution in [2.45, 2.75) is 37.6 Å². The zero-order valence-corrected chi connectivity index (χ0v) is 13.5. The SMILES string of the molecule is CCCC1SCC(C(=O)O)N1C(=O)c1csc(CCN)n1. The van der Waals surface area contributed by atoms with Gasteiger partial charge in [0.15, 0.2) is 0 Å². The van der Waals surface area contributed by atoms with Gasteiger partial charge in [0, 0.05) is 17.6 Å². The van der Waals surface area contributed by atoms with E-state index in [-0.39, 0.29) is 11.3 Å². The molecule has 2 unspecified atom stereocenters. The van der Waals surface area contributed by atoms with Crippen LogP contribution in [-0.2, 0) is 11.2 Å². The van der Waals surface area contributed by atoms with Crippen molar-refractivity contribution in [3.8, 4) is 0 Å². The number of nitrogens with two attached hydrogens (primary N) is 1. The Kier molecular flexibility index (Phi) is 5.60. The van der Waals surface area contributed by atoms with Crippen molar-refractivity contribution in [3.05, 3.63) is 16.1 Å². The van der Waals surface area contributed by atoms with Gasteiger partial charge in [0.1, 0.15) is 11.7 Å². The van der Waals surface area contributed by atoms with E-state index in [2.05, 4.69) is 4.98 Å². The summed E-state index contributed by atoms with van der Waals surface area (Å²) >= 11 is 2.92. The maximum absolute atomic E-state index is 12.6. The van der Waals surface area contributed by atoms with Crippen LogP contribution >= 0.6 is 23.1 Å². The Hall–Kier alpha value is -1.12. The topological polar surface area (TPSA) is 96.5 Å². The molecule has 2 heterocycles. The number of amides is 1. The molecule has 0 aliphatic carbocycles. The maximum atomic E-state index is 12.6. The summed E-state index contributed by atoms with van der Waals surface area (Å²) in [6, 6.07) is -0.765. The van der Waals surface area contributed by atoms with Crippen LogP contribution in [0.4, 0.5) is 0 Å². The lowest BCUT2D eigenvalue weighted by Gasteiger charge is -2.26. The molecule has 0 saturated carbocycles. The lowest BCUT2D eigenvalue weighted by Crippen LogP contribution is -2.45. The Morgan fingerprint density at radius 2 is 2.33 bits per heavy atom. The van der Waals surface area contributed by atoms with E-state index in [0.717, 1.165) is 17.8 Å². The molecule has 1 aliphatic rings. The number of carboxylic acids is 1. The summed E-state index contributed by atoms with van der Waals surface area (Å²) in [5.41, 5.74) is 5.81. The summed E-state index contributed by atoms with van der Waals surface area (Å²) in [7, 11) is 0. The van der Waals surface area contributed by atoms with E-state index in [0.29, 0.717) is 24.4 Å². The van der Waals surface area contributed by atoms with Crippen LogP contribution in [0, 0.1) is 0 Å². The van der Waals surface area contributed by atoms with E-state index in [1.54, 1.807) is 5.38 Å². The molecule has 1 amide bonds.